The Balaban J connectivity index is 2.41. The Kier molecular flexibility index (Phi) is 5.66. The second-order valence-electron chi connectivity index (χ2n) is 5.92. The molecule has 2 amide bonds. The highest BCUT2D eigenvalue weighted by Gasteiger charge is 2.30. The zero-order valence-electron chi connectivity index (χ0n) is 14.8. The molecule has 2 N–H and O–H groups in total. The van der Waals surface area contributed by atoms with Crippen molar-refractivity contribution in [2.75, 3.05) is 32.6 Å². The van der Waals surface area contributed by atoms with Crippen LogP contribution >= 0.6 is 0 Å². The van der Waals surface area contributed by atoms with Crippen LogP contribution in [-0.2, 0) is 4.79 Å². The summed E-state index contributed by atoms with van der Waals surface area (Å²) in [6.45, 7) is 6.86. The summed E-state index contributed by atoms with van der Waals surface area (Å²) < 4.78 is 10.6. The van der Waals surface area contributed by atoms with E-state index in [1.54, 1.807) is 12.1 Å². The summed E-state index contributed by atoms with van der Waals surface area (Å²) in [5, 5.41) is 6.04. The highest BCUT2D eigenvalue weighted by atomic mass is 16.5. The maximum Gasteiger partial charge on any atom is 0.254 e. The molecule has 1 heterocycles. The van der Waals surface area contributed by atoms with Crippen molar-refractivity contribution in [3.63, 3.8) is 0 Å². The number of anilines is 1. The lowest BCUT2D eigenvalue weighted by atomic mass is 10.0. The number of nitrogens with one attached hydrogen (secondary N) is 2. The van der Waals surface area contributed by atoms with E-state index in [1.807, 2.05) is 11.8 Å². The minimum absolute atomic E-state index is 0.0727. The van der Waals surface area contributed by atoms with Gasteiger partial charge in [0.1, 0.15) is 0 Å². The molecular formula is C17H25N3O4. The van der Waals surface area contributed by atoms with Gasteiger partial charge >= 0.3 is 0 Å². The molecule has 0 bridgehead atoms. The van der Waals surface area contributed by atoms with Crippen molar-refractivity contribution in [3.8, 4) is 11.5 Å². The molecule has 2 unspecified atom stereocenters. The smallest absolute Gasteiger partial charge is 0.254 e. The first-order valence-corrected chi connectivity index (χ1v) is 7.97. The number of carbonyl (C=O) groups is 2. The number of hydrogen-bond donors (Lipinski definition) is 2. The van der Waals surface area contributed by atoms with Crippen LogP contribution in [0.3, 0.4) is 0 Å². The predicted molar refractivity (Wildman–Crippen MR) is 91.8 cm³/mol. The van der Waals surface area contributed by atoms with Crippen molar-refractivity contribution >= 4 is 17.5 Å². The fraction of sp³-hybridized carbons (Fsp3) is 0.529. The summed E-state index contributed by atoms with van der Waals surface area (Å²) in [5.74, 6) is 0.460. The Morgan fingerprint density at radius 2 is 1.96 bits per heavy atom. The fourth-order valence-corrected chi connectivity index (χ4v) is 2.88. The lowest BCUT2D eigenvalue weighted by molar-refractivity contribution is -0.114. The Labute approximate surface area is 142 Å². The van der Waals surface area contributed by atoms with E-state index in [2.05, 4.69) is 17.6 Å². The summed E-state index contributed by atoms with van der Waals surface area (Å²) in [5.41, 5.74) is 0.876. The van der Waals surface area contributed by atoms with Crippen LogP contribution in [-0.4, -0.2) is 56.1 Å². The minimum atomic E-state index is -0.246. The van der Waals surface area contributed by atoms with Gasteiger partial charge in [-0.3, -0.25) is 9.59 Å². The Bertz CT molecular complexity index is 633. The summed E-state index contributed by atoms with van der Waals surface area (Å²) in [4.78, 5) is 26.2. The summed E-state index contributed by atoms with van der Waals surface area (Å²) >= 11 is 0. The molecule has 7 heteroatoms. The van der Waals surface area contributed by atoms with Crippen molar-refractivity contribution in [3.05, 3.63) is 17.7 Å². The van der Waals surface area contributed by atoms with E-state index in [9.17, 15) is 9.59 Å². The van der Waals surface area contributed by atoms with E-state index >= 15 is 0 Å². The molecule has 0 aliphatic carbocycles. The van der Waals surface area contributed by atoms with E-state index in [1.165, 1.54) is 21.1 Å². The van der Waals surface area contributed by atoms with Gasteiger partial charge in [0, 0.05) is 37.7 Å². The average Bonchev–Trinajstić information content (AvgIpc) is 2.55. The summed E-state index contributed by atoms with van der Waals surface area (Å²) in [7, 11) is 2.99. The molecule has 0 aromatic heterocycles. The maximum atomic E-state index is 13.0. The predicted octanol–water partition coefficient (Wildman–Crippen LogP) is 1.48. The summed E-state index contributed by atoms with van der Waals surface area (Å²) in [6, 6.07) is 3.57. The van der Waals surface area contributed by atoms with Crippen molar-refractivity contribution < 1.29 is 19.1 Å². The molecule has 1 aromatic carbocycles. The van der Waals surface area contributed by atoms with Crippen molar-refractivity contribution in [1.82, 2.24) is 10.2 Å². The van der Waals surface area contributed by atoms with Gasteiger partial charge in [0.25, 0.3) is 5.91 Å². The van der Waals surface area contributed by atoms with Crippen LogP contribution in [0.15, 0.2) is 12.1 Å². The number of rotatable bonds is 4. The van der Waals surface area contributed by atoms with Gasteiger partial charge in [-0.05, 0) is 26.0 Å². The third-order valence-corrected chi connectivity index (χ3v) is 4.33. The van der Waals surface area contributed by atoms with E-state index in [-0.39, 0.29) is 23.9 Å². The zero-order valence-corrected chi connectivity index (χ0v) is 14.8. The second-order valence-corrected chi connectivity index (χ2v) is 5.92. The van der Waals surface area contributed by atoms with Gasteiger partial charge in [0.15, 0.2) is 11.5 Å². The number of piperazine rings is 1. The third-order valence-electron chi connectivity index (χ3n) is 4.33. The van der Waals surface area contributed by atoms with Gasteiger partial charge in [-0.25, -0.2) is 0 Å². The quantitative estimate of drug-likeness (QED) is 0.871. The molecule has 1 fully saturated rings. The maximum absolute atomic E-state index is 13.0. The van der Waals surface area contributed by atoms with Crippen molar-refractivity contribution in [2.45, 2.75) is 32.9 Å². The minimum Gasteiger partial charge on any atom is -0.493 e. The summed E-state index contributed by atoms with van der Waals surface area (Å²) in [6.07, 6.45) is 0. The standard InChI is InChI=1S/C17H25N3O4/c1-10-11(2)20(7-6-18-10)17(22)13-8-14(19-12(3)21)16(24-5)15(9-13)23-4/h8-11,18H,6-7H2,1-5H3,(H,19,21). The number of ether oxygens (including phenoxy) is 2. The Hall–Kier alpha value is -2.28. The largest absolute Gasteiger partial charge is 0.493 e. The van der Waals surface area contributed by atoms with E-state index in [0.29, 0.717) is 29.3 Å². The lowest BCUT2D eigenvalue weighted by Crippen LogP contribution is -2.57. The third kappa shape index (κ3) is 3.62. The molecule has 0 spiro atoms. The zero-order chi connectivity index (χ0) is 17.9. The van der Waals surface area contributed by atoms with Gasteiger partial charge in [0.05, 0.1) is 19.9 Å². The number of carbonyl (C=O) groups excluding carboxylic acids is 2. The molecule has 132 valence electrons. The normalized spacial score (nSPS) is 20.5. The number of nitrogens with zero attached hydrogens (tertiary/aromatic N) is 1. The number of hydrogen-bond acceptors (Lipinski definition) is 5. The van der Waals surface area contributed by atoms with E-state index in [4.69, 9.17) is 9.47 Å². The van der Waals surface area contributed by atoms with Gasteiger partial charge < -0.3 is 25.0 Å². The molecule has 7 nitrogen and oxygen atoms in total. The first kappa shape index (κ1) is 18.1. The van der Waals surface area contributed by atoms with Gasteiger partial charge in [0.2, 0.25) is 5.91 Å². The Morgan fingerprint density at radius 1 is 1.25 bits per heavy atom. The molecule has 1 aliphatic heterocycles. The topological polar surface area (TPSA) is 79.9 Å². The van der Waals surface area contributed by atoms with Crippen LogP contribution in [0.1, 0.15) is 31.1 Å². The molecule has 2 rings (SSSR count). The van der Waals surface area contributed by atoms with Crippen LogP contribution in [0.5, 0.6) is 11.5 Å². The van der Waals surface area contributed by atoms with Gasteiger partial charge in [-0.2, -0.15) is 0 Å². The fourth-order valence-electron chi connectivity index (χ4n) is 2.88. The molecule has 2 atom stereocenters. The molecule has 1 aliphatic rings. The average molecular weight is 335 g/mol. The van der Waals surface area contributed by atoms with E-state index < -0.39 is 0 Å². The first-order chi connectivity index (χ1) is 11.4. The van der Waals surface area contributed by atoms with Crippen LogP contribution < -0.4 is 20.1 Å². The van der Waals surface area contributed by atoms with Crippen molar-refractivity contribution in [2.24, 2.45) is 0 Å². The first-order valence-electron chi connectivity index (χ1n) is 7.97. The van der Waals surface area contributed by atoms with Gasteiger partial charge in [-0.1, -0.05) is 0 Å². The lowest BCUT2D eigenvalue weighted by Gasteiger charge is -2.38. The molecular weight excluding hydrogens is 310 g/mol. The molecule has 0 radical (unpaired) electrons. The van der Waals surface area contributed by atoms with Crippen molar-refractivity contribution in [1.29, 1.82) is 0 Å². The highest BCUT2D eigenvalue weighted by molar-refractivity contribution is 5.99. The second kappa shape index (κ2) is 7.53. The number of amides is 2. The highest BCUT2D eigenvalue weighted by Crippen LogP contribution is 2.37. The van der Waals surface area contributed by atoms with Gasteiger partial charge in [-0.15, -0.1) is 0 Å². The van der Waals surface area contributed by atoms with E-state index in [0.717, 1.165) is 6.54 Å². The van der Waals surface area contributed by atoms with Crippen LogP contribution in [0.2, 0.25) is 0 Å². The van der Waals surface area contributed by atoms with Crippen LogP contribution in [0, 0.1) is 0 Å². The molecule has 24 heavy (non-hydrogen) atoms. The SMILES string of the molecule is COc1cc(C(=O)N2CCNC(C)C2C)cc(NC(C)=O)c1OC. The Morgan fingerprint density at radius 3 is 2.54 bits per heavy atom. The van der Waals surface area contributed by atoms with Crippen LogP contribution in [0.4, 0.5) is 5.69 Å². The molecule has 1 aromatic rings. The van der Waals surface area contributed by atoms with Crippen LogP contribution in [0.25, 0.3) is 0 Å². The number of benzene rings is 1. The molecule has 1 saturated heterocycles. The number of methoxy groups -OCH3 is 2. The monoisotopic (exact) mass is 335 g/mol. The molecule has 0 saturated carbocycles.